The van der Waals surface area contributed by atoms with Crippen LogP contribution in [0.3, 0.4) is 0 Å². The van der Waals surface area contributed by atoms with Crippen molar-refractivity contribution in [3.8, 4) is 17.2 Å². The van der Waals surface area contributed by atoms with Crippen molar-refractivity contribution in [3.63, 3.8) is 0 Å². The number of rotatable bonds is 8. The van der Waals surface area contributed by atoms with E-state index in [4.69, 9.17) is 13.9 Å². The second-order valence-electron chi connectivity index (χ2n) is 6.13. The first-order chi connectivity index (χ1) is 14.0. The lowest BCUT2D eigenvalue weighted by Gasteiger charge is -2.12. The van der Waals surface area contributed by atoms with Crippen LogP contribution in [0.2, 0.25) is 0 Å². The molecule has 1 atom stereocenters. The van der Waals surface area contributed by atoms with E-state index in [0.29, 0.717) is 11.3 Å². The van der Waals surface area contributed by atoms with Gasteiger partial charge in [0.15, 0.2) is 12.7 Å². The van der Waals surface area contributed by atoms with E-state index < -0.39 is 17.0 Å². The number of non-ortho nitro benzene ring substituents is 1. The summed E-state index contributed by atoms with van der Waals surface area (Å²) in [5.74, 6) is 0.350. The number of carbonyl (C=O) groups is 1. The Bertz CT molecular complexity index is 999. The summed E-state index contributed by atoms with van der Waals surface area (Å²) >= 11 is 0. The lowest BCUT2D eigenvalue weighted by atomic mass is 10.1. The highest BCUT2D eigenvalue weighted by Crippen LogP contribution is 2.24. The highest BCUT2D eigenvalue weighted by atomic mass is 16.6. The summed E-state index contributed by atoms with van der Waals surface area (Å²) in [5, 5.41) is 18.5. The molecule has 9 heteroatoms. The van der Waals surface area contributed by atoms with Crippen molar-refractivity contribution in [1.29, 1.82) is 0 Å². The van der Waals surface area contributed by atoms with E-state index in [2.05, 4.69) is 10.2 Å². The molecule has 1 unspecified atom stereocenters. The van der Waals surface area contributed by atoms with Crippen molar-refractivity contribution in [2.45, 2.75) is 26.4 Å². The van der Waals surface area contributed by atoms with Gasteiger partial charge < -0.3 is 13.9 Å². The first-order valence-corrected chi connectivity index (χ1v) is 8.96. The molecule has 0 spiro atoms. The van der Waals surface area contributed by atoms with Gasteiger partial charge in [0.1, 0.15) is 5.75 Å². The minimum atomic E-state index is -0.771. The SMILES string of the molecule is CCc1ccccc1OCC(=O)OC(C)c1nnc(-c2ccc([N+](=O)[O-])cc2)o1. The molecule has 150 valence electrons. The maximum atomic E-state index is 12.1. The fraction of sp³-hybridized carbons (Fsp3) is 0.250. The summed E-state index contributed by atoms with van der Waals surface area (Å²) < 4.78 is 16.3. The number of nitrogens with zero attached hydrogens (tertiary/aromatic N) is 3. The highest BCUT2D eigenvalue weighted by Gasteiger charge is 2.20. The van der Waals surface area contributed by atoms with Crippen molar-refractivity contribution in [1.82, 2.24) is 10.2 Å². The number of esters is 1. The molecule has 0 saturated carbocycles. The van der Waals surface area contributed by atoms with Gasteiger partial charge in [0.05, 0.1) is 4.92 Å². The smallest absolute Gasteiger partial charge is 0.344 e. The highest BCUT2D eigenvalue weighted by molar-refractivity contribution is 5.71. The monoisotopic (exact) mass is 397 g/mol. The Balaban J connectivity index is 1.58. The van der Waals surface area contributed by atoms with Crippen molar-refractivity contribution in [2.24, 2.45) is 0 Å². The van der Waals surface area contributed by atoms with Gasteiger partial charge in [-0.25, -0.2) is 4.79 Å². The van der Waals surface area contributed by atoms with E-state index in [9.17, 15) is 14.9 Å². The molecule has 0 amide bonds. The van der Waals surface area contributed by atoms with Gasteiger partial charge in [0.25, 0.3) is 11.6 Å². The Morgan fingerprint density at radius 3 is 2.59 bits per heavy atom. The summed E-state index contributed by atoms with van der Waals surface area (Å²) in [7, 11) is 0. The van der Waals surface area contributed by atoms with E-state index >= 15 is 0 Å². The Hall–Kier alpha value is -3.75. The molecule has 0 aliphatic heterocycles. The molecule has 3 rings (SSSR count). The van der Waals surface area contributed by atoms with E-state index in [1.807, 2.05) is 25.1 Å². The summed E-state index contributed by atoms with van der Waals surface area (Å²) in [6.07, 6.45) is 0.0153. The molecule has 0 saturated heterocycles. The zero-order valence-corrected chi connectivity index (χ0v) is 15.9. The number of para-hydroxylation sites is 1. The average molecular weight is 397 g/mol. The fourth-order valence-electron chi connectivity index (χ4n) is 2.60. The lowest BCUT2D eigenvalue weighted by molar-refractivity contribution is -0.384. The lowest BCUT2D eigenvalue weighted by Crippen LogP contribution is -2.17. The van der Waals surface area contributed by atoms with Crippen LogP contribution in [0.1, 0.15) is 31.4 Å². The van der Waals surface area contributed by atoms with Crippen LogP contribution < -0.4 is 4.74 Å². The van der Waals surface area contributed by atoms with E-state index in [0.717, 1.165) is 12.0 Å². The van der Waals surface area contributed by atoms with Crippen molar-refractivity contribution >= 4 is 11.7 Å². The van der Waals surface area contributed by atoms with E-state index in [1.165, 1.54) is 24.3 Å². The third-order valence-corrected chi connectivity index (χ3v) is 4.12. The summed E-state index contributed by atoms with van der Waals surface area (Å²) in [6, 6.07) is 13.2. The molecule has 0 N–H and O–H groups in total. The zero-order valence-electron chi connectivity index (χ0n) is 15.9. The van der Waals surface area contributed by atoms with Gasteiger partial charge in [-0.15, -0.1) is 10.2 Å². The Labute approximate surface area is 166 Å². The van der Waals surface area contributed by atoms with Crippen LogP contribution in [0.25, 0.3) is 11.5 Å². The number of hydrogen-bond acceptors (Lipinski definition) is 8. The number of aryl methyl sites for hydroxylation is 1. The fourth-order valence-corrected chi connectivity index (χ4v) is 2.60. The first-order valence-electron chi connectivity index (χ1n) is 8.96. The minimum absolute atomic E-state index is 0.0413. The molecule has 9 nitrogen and oxygen atoms in total. The normalized spacial score (nSPS) is 11.7. The van der Waals surface area contributed by atoms with Crippen LogP contribution in [-0.4, -0.2) is 27.7 Å². The minimum Gasteiger partial charge on any atom is -0.482 e. The average Bonchev–Trinajstić information content (AvgIpc) is 3.23. The number of hydrogen-bond donors (Lipinski definition) is 0. The predicted octanol–water partition coefficient (Wildman–Crippen LogP) is 3.89. The molecule has 0 aliphatic rings. The third-order valence-electron chi connectivity index (χ3n) is 4.12. The number of nitro benzene ring substituents is 1. The van der Waals surface area contributed by atoms with E-state index in [-0.39, 0.29) is 24.1 Å². The van der Waals surface area contributed by atoms with Gasteiger partial charge >= 0.3 is 5.97 Å². The second-order valence-corrected chi connectivity index (χ2v) is 6.13. The molecule has 0 aliphatic carbocycles. The van der Waals surface area contributed by atoms with Crippen LogP contribution in [0, 0.1) is 10.1 Å². The van der Waals surface area contributed by atoms with Gasteiger partial charge in [-0.2, -0.15) is 0 Å². The molecular formula is C20H19N3O6. The number of nitro groups is 1. The number of ether oxygens (including phenoxy) is 2. The van der Waals surface area contributed by atoms with Crippen molar-refractivity contribution in [2.75, 3.05) is 6.61 Å². The molecule has 0 bridgehead atoms. The summed E-state index contributed by atoms with van der Waals surface area (Å²) in [4.78, 5) is 22.3. The Kier molecular flexibility index (Phi) is 6.18. The molecule has 29 heavy (non-hydrogen) atoms. The molecule has 1 heterocycles. The molecule has 0 radical (unpaired) electrons. The van der Waals surface area contributed by atoms with Gasteiger partial charge in [-0.1, -0.05) is 25.1 Å². The Morgan fingerprint density at radius 1 is 1.17 bits per heavy atom. The largest absolute Gasteiger partial charge is 0.482 e. The second kappa shape index (κ2) is 8.96. The maximum Gasteiger partial charge on any atom is 0.344 e. The maximum absolute atomic E-state index is 12.1. The zero-order chi connectivity index (χ0) is 20.8. The third kappa shape index (κ3) is 4.95. The van der Waals surface area contributed by atoms with Crippen LogP contribution in [0.5, 0.6) is 5.75 Å². The van der Waals surface area contributed by atoms with Gasteiger partial charge in [-0.05, 0) is 37.1 Å². The van der Waals surface area contributed by atoms with Crippen molar-refractivity contribution < 1.29 is 23.6 Å². The van der Waals surface area contributed by atoms with Crippen LogP contribution >= 0.6 is 0 Å². The van der Waals surface area contributed by atoms with Gasteiger partial charge in [-0.3, -0.25) is 10.1 Å². The molecule has 0 fully saturated rings. The quantitative estimate of drug-likeness (QED) is 0.319. The summed E-state index contributed by atoms with van der Waals surface area (Å²) in [5.41, 5.74) is 1.48. The summed E-state index contributed by atoms with van der Waals surface area (Å²) in [6.45, 7) is 3.36. The van der Waals surface area contributed by atoms with Crippen molar-refractivity contribution in [3.05, 3.63) is 70.1 Å². The standard InChI is InChI=1S/C20H19N3O6/c1-3-14-6-4-5-7-17(14)27-12-18(24)28-13(2)19-21-22-20(29-19)15-8-10-16(11-9-15)23(25)26/h4-11,13H,3,12H2,1-2H3. The number of carbonyl (C=O) groups excluding carboxylic acids is 1. The topological polar surface area (TPSA) is 118 Å². The van der Waals surface area contributed by atoms with Gasteiger partial charge in [0, 0.05) is 17.7 Å². The molecule has 1 aromatic heterocycles. The Morgan fingerprint density at radius 2 is 1.90 bits per heavy atom. The number of benzene rings is 2. The number of aromatic nitrogens is 2. The molecule has 2 aromatic carbocycles. The van der Waals surface area contributed by atoms with E-state index in [1.54, 1.807) is 13.0 Å². The van der Waals surface area contributed by atoms with Gasteiger partial charge in [0.2, 0.25) is 5.89 Å². The molecule has 3 aromatic rings. The van der Waals surface area contributed by atoms with Crippen LogP contribution in [-0.2, 0) is 16.0 Å². The molecular weight excluding hydrogens is 378 g/mol. The van der Waals surface area contributed by atoms with Crippen LogP contribution in [0.4, 0.5) is 5.69 Å². The van der Waals surface area contributed by atoms with Crippen LogP contribution in [0.15, 0.2) is 52.9 Å². The first kappa shape index (κ1) is 20.0. The predicted molar refractivity (Wildman–Crippen MR) is 102 cm³/mol.